The second kappa shape index (κ2) is 7.12. The monoisotopic (exact) mass is 400 g/mol. The Morgan fingerprint density at radius 3 is 2.34 bits per heavy atom. The molecular weight excluding hydrogens is 379 g/mol. The number of carbonyl (C=O) groups excluding carboxylic acids is 2. The fourth-order valence-electron chi connectivity index (χ4n) is 3.01. The molecule has 29 heavy (non-hydrogen) atoms. The smallest absolute Gasteiger partial charge is 0.335 e. The number of nitrogens with zero attached hydrogens (tertiary/aromatic N) is 4. The van der Waals surface area contributed by atoms with Gasteiger partial charge in [-0.25, -0.2) is 23.7 Å². The quantitative estimate of drug-likeness (QED) is 0.677. The Morgan fingerprint density at radius 1 is 1.17 bits per heavy atom. The number of aryl methyl sites for hydroxylation is 1. The first-order chi connectivity index (χ1) is 13.5. The minimum absolute atomic E-state index is 0.0430. The highest BCUT2D eigenvalue weighted by Crippen LogP contribution is 2.19. The summed E-state index contributed by atoms with van der Waals surface area (Å²) in [4.78, 5) is 46.0. The summed E-state index contributed by atoms with van der Waals surface area (Å²) in [6.07, 6.45) is 0. The maximum atomic E-state index is 13.4. The summed E-state index contributed by atoms with van der Waals surface area (Å²) >= 11 is 0. The molecule has 2 amide bonds. The molecule has 3 aromatic rings. The van der Waals surface area contributed by atoms with Gasteiger partial charge in [0.15, 0.2) is 11.3 Å². The van der Waals surface area contributed by atoms with Crippen LogP contribution in [-0.2, 0) is 11.3 Å². The molecule has 0 bridgehead atoms. The van der Waals surface area contributed by atoms with Crippen molar-refractivity contribution in [3.63, 3.8) is 0 Å². The van der Waals surface area contributed by atoms with Crippen LogP contribution >= 0.6 is 0 Å². The molecule has 152 valence electrons. The van der Waals surface area contributed by atoms with Crippen LogP contribution in [0.1, 0.15) is 37.1 Å². The summed E-state index contributed by atoms with van der Waals surface area (Å²) in [6, 6.07) is 5.19. The van der Waals surface area contributed by atoms with Gasteiger partial charge in [0.1, 0.15) is 23.7 Å². The zero-order valence-corrected chi connectivity index (χ0v) is 16.5. The van der Waals surface area contributed by atoms with Crippen molar-refractivity contribution in [3.05, 3.63) is 52.1 Å². The number of halogens is 1. The molecule has 0 atom stereocenters. The van der Waals surface area contributed by atoms with E-state index in [9.17, 15) is 18.8 Å². The zero-order valence-electron chi connectivity index (χ0n) is 16.5. The van der Waals surface area contributed by atoms with Gasteiger partial charge in [0.25, 0.3) is 5.91 Å². The normalized spacial score (nSPS) is 11.6. The summed E-state index contributed by atoms with van der Waals surface area (Å²) in [5, 5.41) is 2.76. The molecule has 1 aromatic carbocycles. The molecule has 3 N–H and O–H groups in total. The average molecular weight is 400 g/mol. The van der Waals surface area contributed by atoms with Gasteiger partial charge in [-0.1, -0.05) is 0 Å². The number of fused-ring (bicyclic) bond motifs is 1. The lowest BCUT2D eigenvalue weighted by atomic mass is 10.1. The van der Waals surface area contributed by atoms with Crippen molar-refractivity contribution >= 4 is 23.0 Å². The largest absolute Gasteiger partial charge is 0.364 e. The van der Waals surface area contributed by atoms with E-state index in [0.717, 1.165) is 4.57 Å². The Bertz CT molecular complexity index is 1170. The van der Waals surface area contributed by atoms with Gasteiger partial charge >= 0.3 is 5.69 Å². The van der Waals surface area contributed by atoms with Crippen LogP contribution in [0.5, 0.6) is 0 Å². The molecule has 3 rings (SSSR count). The number of amides is 2. The Labute approximate surface area is 165 Å². The highest BCUT2D eigenvalue weighted by atomic mass is 19.1. The molecule has 0 saturated carbocycles. The third-order valence-corrected chi connectivity index (χ3v) is 4.02. The van der Waals surface area contributed by atoms with E-state index in [1.807, 2.05) is 0 Å². The van der Waals surface area contributed by atoms with Crippen LogP contribution in [0.3, 0.4) is 0 Å². The van der Waals surface area contributed by atoms with Crippen LogP contribution in [0.15, 0.2) is 29.1 Å². The summed E-state index contributed by atoms with van der Waals surface area (Å²) in [5.41, 5.74) is 4.62. The SMILES string of the molecule is Cc1nc(C(N)=O)c2c(n1)n(-c1ccc(F)cc1)c(=O)n2CC(=O)NC(C)(C)C. The number of aromatic nitrogens is 4. The van der Waals surface area contributed by atoms with Gasteiger partial charge in [-0.3, -0.25) is 14.2 Å². The first-order valence-electron chi connectivity index (χ1n) is 8.84. The van der Waals surface area contributed by atoms with Crippen LogP contribution in [0.4, 0.5) is 4.39 Å². The Hall–Kier alpha value is -3.56. The lowest BCUT2D eigenvalue weighted by molar-refractivity contribution is -0.123. The van der Waals surface area contributed by atoms with E-state index in [4.69, 9.17) is 5.73 Å². The number of carbonyl (C=O) groups is 2. The highest BCUT2D eigenvalue weighted by Gasteiger charge is 2.25. The number of benzene rings is 1. The first kappa shape index (κ1) is 20.2. The molecule has 0 spiro atoms. The van der Waals surface area contributed by atoms with Crippen LogP contribution in [0.2, 0.25) is 0 Å². The molecule has 0 aliphatic rings. The van der Waals surface area contributed by atoms with Crippen molar-refractivity contribution in [3.8, 4) is 5.69 Å². The molecule has 0 unspecified atom stereocenters. The number of imidazole rings is 1. The molecule has 2 heterocycles. The predicted octanol–water partition coefficient (Wildman–Crippen LogP) is 1.04. The van der Waals surface area contributed by atoms with Crippen molar-refractivity contribution < 1.29 is 14.0 Å². The van der Waals surface area contributed by atoms with E-state index in [0.29, 0.717) is 5.69 Å². The third-order valence-electron chi connectivity index (χ3n) is 4.02. The predicted molar refractivity (Wildman–Crippen MR) is 104 cm³/mol. The molecule has 2 aromatic heterocycles. The number of hydrogen-bond donors (Lipinski definition) is 2. The molecule has 0 aliphatic heterocycles. The minimum atomic E-state index is -0.860. The summed E-state index contributed by atoms with van der Waals surface area (Å²) in [5.74, 6) is -1.55. The lowest BCUT2D eigenvalue weighted by Crippen LogP contribution is -2.43. The van der Waals surface area contributed by atoms with Gasteiger partial charge in [-0.05, 0) is 52.0 Å². The second-order valence-electron chi connectivity index (χ2n) is 7.63. The maximum Gasteiger partial charge on any atom is 0.335 e. The topological polar surface area (TPSA) is 125 Å². The number of primary amides is 1. The Balaban J connectivity index is 2.31. The number of hydrogen-bond acceptors (Lipinski definition) is 5. The van der Waals surface area contributed by atoms with Crippen molar-refractivity contribution in [2.24, 2.45) is 5.73 Å². The fourth-order valence-corrected chi connectivity index (χ4v) is 3.01. The number of rotatable bonds is 4. The summed E-state index contributed by atoms with van der Waals surface area (Å²) < 4.78 is 15.6. The number of nitrogens with one attached hydrogen (secondary N) is 1. The van der Waals surface area contributed by atoms with E-state index >= 15 is 0 Å². The Kier molecular flexibility index (Phi) is 4.95. The molecule has 0 radical (unpaired) electrons. The molecular formula is C19H21FN6O3. The van der Waals surface area contributed by atoms with Crippen LogP contribution in [0.25, 0.3) is 16.9 Å². The Morgan fingerprint density at radius 2 is 1.79 bits per heavy atom. The maximum absolute atomic E-state index is 13.4. The first-order valence-corrected chi connectivity index (χ1v) is 8.84. The van der Waals surface area contributed by atoms with Gasteiger partial charge in [0, 0.05) is 5.54 Å². The zero-order chi connectivity index (χ0) is 21.5. The molecule has 10 heteroatoms. The van der Waals surface area contributed by atoms with E-state index in [-0.39, 0.29) is 29.2 Å². The molecule has 9 nitrogen and oxygen atoms in total. The standard InChI is InChI=1S/C19H21FN6O3/c1-10-22-14(16(21)28)15-17(23-10)26(12-7-5-11(20)6-8-12)18(29)25(15)9-13(27)24-19(2,3)4/h5-8H,9H2,1-4H3,(H2,21,28)(H,24,27). The van der Waals surface area contributed by atoms with Gasteiger partial charge in [-0.15, -0.1) is 0 Å². The van der Waals surface area contributed by atoms with Crippen LogP contribution in [0, 0.1) is 12.7 Å². The number of nitrogens with two attached hydrogens (primary N) is 1. The molecule has 0 saturated heterocycles. The van der Waals surface area contributed by atoms with E-state index in [1.54, 1.807) is 27.7 Å². The van der Waals surface area contributed by atoms with Gasteiger partial charge in [0.2, 0.25) is 5.91 Å². The lowest BCUT2D eigenvalue weighted by Gasteiger charge is -2.20. The van der Waals surface area contributed by atoms with Crippen molar-refractivity contribution in [2.75, 3.05) is 0 Å². The fraction of sp³-hybridized carbons (Fsp3) is 0.316. The van der Waals surface area contributed by atoms with E-state index < -0.39 is 28.9 Å². The summed E-state index contributed by atoms with van der Waals surface area (Å²) in [6.45, 7) is 6.59. The van der Waals surface area contributed by atoms with Gasteiger partial charge in [0.05, 0.1) is 5.69 Å². The van der Waals surface area contributed by atoms with E-state index in [2.05, 4.69) is 15.3 Å². The minimum Gasteiger partial charge on any atom is -0.364 e. The van der Waals surface area contributed by atoms with Crippen LogP contribution < -0.4 is 16.7 Å². The van der Waals surface area contributed by atoms with Gasteiger partial charge < -0.3 is 11.1 Å². The highest BCUT2D eigenvalue weighted by molar-refractivity contribution is 6.02. The summed E-state index contributed by atoms with van der Waals surface area (Å²) in [7, 11) is 0. The van der Waals surface area contributed by atoms with E-state index in [1.165, 1.54) is 28.8 Å². The average Bonchev–Trinajstić information content (AvgIpc) is 2.85. The van der Waals surface area contributed by atoms with Crippen LogP contribution in [-0.4, -0.2) is 36.5 Å². The molecule has 0 fully saturated rings. The second-order valence-corrected chi connectivity index (χ2v) is 7.63. The van der Waals surface area contributed by atoms with Crippen molar-refractivity contribution in [2.45, 2.75) is 39.8 Å². The molecule has 0 aliphatic carbocycles. The van der Waals surface area contributed by atoms with Gasteiger partial charge in [-0.2, -0.15) is 0 Å². The van der Waals surface area contributed by atoms with Crippen molar-refractivity contribution in [1.82, 2.24) is 24.4 Å². The van der Waals surface area contributed by atoms with Crippen molar-refractivity contribution in [1.29, 1.82) is 0 Å². The third kappa shape index (κ3) is 4.00.